The van der Waals surface area contributed by atoms with Crippen LogP contribution in [0.5, 0.6) is 0 Å². The first-order valence-corrected chi connectivity index (χ1v) is 6.42. The molecule has 0 bridgehead atoms. The molecular formula is C12H15BrN4O. The Morgan fingerprint density at radius 1 is 1.56 bits per heavy atom. The van der Waals surface area contributed by atoms with Crippen LogP contribution in [0.2, 0.25) is 0 Å². The largest absolute Gasteiger partial charge is 0.375 e. The van der Waals surface area contributed by atoms with Crippen molar-refractivity contribution in [3.8, 4) is 0 Å². The van der Waals surface area contributed by atoms with Crippen LogP contribution in [0.4, 0.5) is 5.95 Å². The van der Waals surface area contributed by atoms with Crippen molar-refractivity contribution in [3.05, 3.63) is 35.0 Å². The lowest BCUT2D eigenvalue weighted by molar-refractivity contribution is 0.167. The van der Waals surface area contributed by atoms with Gasteiger partial charge < -0.3 is 10.1 Å². The topological polar surface area (TPSA) is 51.5 Å². The van der Waals surface area contributed by atoms with Gasteiger partial charge in [-0.3, -0.25) is 0 Å². The second kappa shape index (κ2) is 5.97. The molecule has 96 valence electrons. The fourth-order valence-corrected chi connectivity index (χ4v) is 1.74. The lowest BCUT2D eigenvalue weighted by Crippen LogP contribution is -2.11. The van der Waals surface area contributed by atoms with Gasteiger partial charge in [0.25, 0.3) is 0 Å². The SMILES string of the molecule is C=C(C)COCCNc1nc2ccc(Br)cn2n1. The zero-order valence-electron chi connectivity index (χ0n) is 10.2. The van der Waals surface area contributed by atoms with Crippen LogP contribution < -0.4 is 5.32 Å². The molecule has 0 aliphatic rings. The maximum atomic E-state index is 5.38. The average molecular weight is 311 g/mol. The van der Waals surface area contributed by atoms with E-state index in [-0.39, 0.29) is 0 Å². The summed E-state index contributed by atoms with van der Waals surface area (Å²) in [4.78, 5) is 4.33. The molecular weight excluding hydrogens is 296 g/mol. The van der Waals surface area contributed by atoms with E-state index in [0.29, 0.717) is 25.7 Å². The molecule has 5 nitrogen and oxygen atoms in total. The Kier molecular flexibility index (Phi) is 4.33. The highest BCUT2D eigenvalue weighted by atomic mass is 79.9. The number of aromatic nitrogens is 3. The second-order valence-corrected chi connectivity index (χ2v) is 4.94. The molecule has 2 heterocycles. The van der Waals surface area contributed by atoms with Crippen LogP contribution >= 0.6 is 15.9 Å². The molecule has 0 atom stereocenters. The lowest BCUT2D eigenvalue weighted by Gasteiger charge is -2.03. The first-order chi connectivity index (χ1) is 8.65. The highest BCUT2D eigenvalue weighted by Crippen LogP contribution is 2.11. The van der Waals surface area contributed by atoms with E-state index < -0.39 is 0 Å². The van der Waals surface area contributed by atoms with E-state index in [1.165, 1.54) is 0 Å². The maximum Gasteiger partial charge on any atom is 0.243 e. The molecule has 0 spiro atoms. The van der Waals surface area contributed by atoms with Gasteiger partial charge in [-0.25, -0.2) is 4.52 Å². The van der Waals surface area contributed by atoms with Crippen LogP contribution in [0.25, 0.3) is 5.65 Å². The number of nitrogens with zero attached hydrogens (tertiary/aromatic N) is 3. The normalized spacial score (nSPS) is 10.8. The van der Waals surface area contributed by atoms with Gasteiger partial charge in [-0.1, -0.05) is 12.2 Å². The van der Waals surface area contributed by atoms with Gasteiger partial charge >= 0.3 is 0 Å². The van der Waals surface area contributed by atoms with Crippen molar-refractivity contribution < 1.29 is 4.74 Å². The van der Waals surface area contributed by atoms with E-state index in [1.54, 1.807) is 4.52 Å². The van der Waals surface area contributed by atoms with E-state index >= 15 is 0 Å². The second-order valence-electron chi connectivity index (χ2n) is 4.02. The van der Waals surface area contributed by atoms with Crippen molar-refractivity contribution in [3.63, 3.8) is 0 Å². The van der Waals surface area contributed by atoms with Gasteiger partial charge in [0.15, 0.2) is 5.65 Å². The Balaban J connectivity index is 1.86. The third-order valence-corrected chi connectivity index (χ3v) is 2.64. The highest BCUT2D eigenvalue weighted by Gasteiger charge is 2.02. The fraction of sp³-hybridized carbons (Fsp3) is 0.333. The minimum atomic E-state index is 0.590. The average Bonchev–Trinajstić information content (AvgIpc) is 2.70. The van der Waals surface area contributed by atoms with Crippen molar-refractivity contribution >= 4 is 27.5 Å². The number of halogens is 1. The first kappa shape index (κ1) is 13.0. The summed E-state index contributed by atoms with van der Waals surface area (Å²) in [5.41, 5.74) is 1.83. The molecule has 18 heavy (non-hydrogen) atoms. The minimum absolute atomic E-state index is 0.590. The molecule has 2 aromatic heterocycles. The summed E-state index contributed by atoms with van der Waals surface area (Å²) in [5.74, 6) is 0.604. The predicted octanol–water partition coefficient (Wildman–Crippen LogP) is 2.50. The molecule has 0 radical (unpaired) electrons. The Hall–Kier alpha value is -1.40. The summed E-state index contributed by atoms with van der Waals surface area (Å²) < 4.78 is 8.07. The molecule has 0 amide bonds. The van der Waals surface area contributed by atoms with Crippen LogP contribution in [-0.2, 0) is 4.74 Å². The van der Waals surface area contributed by atoms with Crippen LogP contribution in [0.15, 0.2) is 35.0 Å². The quantitative estimate of drug-likeness (QED) is 0.658. The summed E-state index contributed by atoms with van der Waals surface area (Å²) in [6.07, 6.45) is 1.87. The van der Waals surface area contributed by atoms with Crippen molar-refractivity contribution in [2.45, 2.75) is 6.92 Å². The van der Waals surface area contributed by atoms with Gasteiger partial charge in [0.05, 0.1) is 13.2 Å². The van der Waals surface area contributed by atoms with Crippen LogP contribution in [0.3, 0.4) is 0 Å². The Morgan fingerprint density at radius 2 is 2.39 bits per heavy atom. The lowest BCUT2D eigenvalue weighted by atomic mass is 10.4. The number of hydrogen-bond donors (Lipinski definition) is 1. The first-order valence-electron chi connectivity index (χ1n) is 5.63. The van der Waals surface area contributed by atoms with Gasteiger partial charge in [-0.05, 0) is 35.0 Å². The van der Waals surface area contributed by atoms with Crippen LogP contribution in [0.1, 0.15) is 6.92 Å². The van der Waals surface area contributed by atoms with Gasteiger partial charge in [-0.15, -0.1) is 5.10 Å². The summed E-state index contributed by atoms with van der Waals surface area (Å²) in [6, 6.07) is 3.84. The number of pyridine rings is 1. The maximum absolute atomic E-state index is 5.38. The number of anilines is 1. The third kappa shape index (κ3) is 3.54. The Morgan fingerprint density at radius 3 is 3.17 bits per heavy atom. The molecule has 0 fully saturated rings. The summed E-state index contributed by atoms with van der Waals surface area (Å²) >= 11 is 3.39. The monoisotopic (exact) mass is 310 g/mol. The molecule has 2 aromatic rings. The van der Waals surface area contributed by atoms with E-state index in [9.17, 15) is 0 Å². The summed E-state index contributed by atoms with van der Waals surface area (Å²) in [7, 11) is 0. The number of ether oxygens (including phenoxy) is 1. The zero-order chi connectivity index (χ0) is 13.0. The molecule has 0 aliphatic carbocycles. The Labute approximate surface area is 114 Å². The molecule has 0 saturated carbocycles. The van der Waals surface area contributed by atoms with Crippen molar-refractivity contribution in [2.24, 2.45) is 0 Å². The number of nitrogens with one attached hydrogen (secondary N) is 1. The predicted molar refractivity (Wildman–Crippen MR) is 74.8 cm³/mol. The minimum Gasteiger partial charge on any atom is -0.375 e. The van der Waals surface area contributed by atoms with Crippen molar-refractivity contribution in [1.82, 2.24) is 14.6 Å². The van der Waals surface area contributed by atoms with Gasteiger partial charge in [0.2, 0.25) is 5.95 Å². The molecule has 0 aromatic carbocycles. The molecule has 6 heteroatoms. The van der Waals surface area contributed by atoms with Gasteiger partial charge in [0.1, 0.15) is 0 Å². The summed E-state index contributed by atoms with van der Waals surface area (Å²) in [5, 5.41) is 7.41. The third-order valence-electron chi connectivity index (χ3n) is 2.17. The van der Waals surface area contributed by atoms with E-state index in [1.807, 2.05) is 25.3 Å². The fourth-order valence-electron chi connectivity index (χ4n) is 1.41. The standard InChI is InChI=1S/C12H15BrN4O/c1-9(2)8-18-6-5-14-12-15-11-4-3-10(13)7-17(11)16-12/h3-4,7H,1,5-6,8H2,2H3,(H,14,16). The molecule has 1 N–H and O–H groups in total. The van der Waals surface area contributed by atoms with Crippen LogP contribution in [-0.4, -0.2) is 34.4 Å². The molecule has 2 rings (SSSR count). The molecule has 0 unspecified atom stereocenters. The van der Waals surface area contributed by atoms with Crippen LogP contribution in [0, 0.1) is 0 Å². The number of hydrogen-bond acceptors (Lipinski definition) is 4. The van der Waals surface area contributed by atoms with E-state index in [0.717, 1.165) is 15.7 Å². The smallest absolute Gasteiger partial charge is 0.243 e. The highest BCUT2D eigenvalue weighted by molar-refractivity contribution is 9.10. The molecule has 0 aliphatic heterocycles. The molecule has 0 saturated heterocycles. The Bertz CT molecular complexity index is 552. The van der Waals surface area contributed by atoms with E-state index in [2.05, 4.69) is 37.9 Å². The number of fused-ring (bicyclic) bond motifs is 1. The van der Waals surface area contributed by atoms with Gasteiger partial charge in [0, 0.05) is 17.2 Å². The van der Waals surface area contributed by atoms with Crippen molar-refractivity contribution in [2.75, 3.05) is 25.1 Å². The number of rotatable bonds is 6. The van der Waals surface area contributed by atoms with E-state index in [4.69, 9.17) is 4.74 Å². The summed E-state index contributed by atoms with van der Waals surface area (Å²) in [6.45, 7) is 7.58. The van der Waals surface area contributed by atoms with Gasteiger partial charge in [-0.2, -0.15) is 4.98 Å². The zero-order valence-corrected chi connectivity index (χ0v) is 11.8. The van der Waals surface area contributed by atoms with Crippen molar-refractivity contribution in [1.29, 1.82) is 0 Å².